The first kappa shape index (κ1) is 16.7. The summed E-state index contributed by atoms with van der Waals surface area (Å²) in [5.41, 5.74) is 1.86. The maximum absolute atomic E-state index is 3.93. The normalized spacial score (nSPS) is 24.0. The van der Waals surface area contributed by atoms with E-state index in [4.69, 9.17) is 0 Å². The van der Waals surface area contributed by atoms with Crippen LogP contribution in [-0.2, 0) is 5.41 Å². The molecular formula is C18H28N2S2. The van der Waals surface area contributed by atoms with Crippen molar-refractivity contribution in [2.45, 2.75) is 24.3 Å². The standard InChI is InChI=1S/C18H28N2S2/c1-20-9-7-18(8-10-20,16-5-3-2-4-6-16)15-19-17-13-21-11-12-22-14-17/h2-6,17,19H,7-15H2,1H3. The van der Waals surface area contributed by atoms with E-state index in [1.807, 2.05) is 0 Å². The van der Waals surface area contributed by atoms with Crippen LogP contribution in [0.25, 0.3) is 0 Å². The molecule has 22 heavy (non-hydrogen) atoms. The molecule has 0 saturated carbocycles. The molecule has 2 aliphatic rings. The van der Waals surface area contributed by atoms with Gasteiger partial charge in [0, 0.05) is 41.0 Å². The van der Waals surface area contributed by atoms with E-state index in [9.17, 15) is 0 Å². The second-order valence-electron chi connectivity index (χ2n) is 6.68. The van der Waals surface area contributed by atoms with E-state index >= 15 is 0 Å². The lowest BCUT2D eigenvalue weighted by molar-refractivity contribution is 0.181. The molecule has 4 heteroatoms. The van der Waals surface area contributed by atoms with Crippen molar-refractivity contribution in [2.24, 2.45) is 0 Å². The van der Waals surface area contributed by atoms with Crippen LogP contribution in [0.4, 0.5) is 0 Å². The van der Waals surface area contributed by atoms with Gasteiger partial charge in [0.1, 0.15) is 0 Å². The average molecular weight is 337 g/mol. The zero-order valence-electron chi connectivity index (χ0n) is 13.6. The first-order valence-electron chi connectivity index (χ1n) is 8.41. The summed E-state index contributed by atoms with van der Waals surface area (Å²) >= 11 is 4.23. The van der Waals surface area contributed by atoms with E-state index < -0.39 is 0 Å². The van der Waals surface area contributed by atoms with Crippen LogP contribution in [0.2, 0.25) is 0 Å². The monoisotopic (exact) mass is 336 g/mol. The molecule has 0 radical (unpaired) electrons. The van der Waals surface area contributed by atoms with Crippen molar-refractivity contribution in [3.8, 4) is 0 Å². The van der Waals surface area contributed by atoms with Gasteiger partial charge in [-0.1, -0.05) is 30.3 Å². The molecule has 0 unspecified atom stereocenters. The number of piperidine rings is 1. The molecule has 2 fully saturated rings. The molecule has 1 aromatic carbocycles. The Hall–Kier alpha value is -0.160. The Labute approximate surface area is 143 Å². The van der Waals surface area contributed by atoms with Crippen molar-refractivity contribution in [1.29, 1.82) is 0 Å². The number of nitrogens with zero attached hydrogens (tertiary/aromatic N) is 1. The summed E-state index contributed by atoms with van der Waals surface area (Å²) < 4.78 is 0. The lowest BCUT2D eigenvalue weighted by atomic mass is 9.72. The molecule has 0 bridgehead atoms. The van der Waals surface area contributed by atoms with Crippen molar-refractivity contribution in [3.63, 3.8) is 0 Å². The summed E-state index contributed by atoms with van der Waals surface area (Å²) in [5.74, 6) is 5.19. The minimum atomic E-state index is 0.329. The van der Waals surface area contributed by atoms with Gasteiger partial charge in [0.2, 0.25) is 0 Å². The van der Waals surface area contributed by atoms with E-state index in [0.29, 0.717) is 11.5 Å². The summed E-state index contributed by atoms with van der Waals surface area (Å²) in [6, 6.07) is 11.9. The Balaban J connectivity index is 1.69. The molecule has 0 spiro atoms. The molecule has 1 aromatic rings. The molecule has 3 rings (SSSR count). The lowest BCUT2D eigenvalue weighted by Crippen LogP contribution is -2.49. The van der Waals surface area contributed by atoms with Crippen molar-refractivity contribution in [2.75, 3.05) is 49.7 Å². The van der Waals surface area contributed by atoms with Gasteiger partial charge in [0.05, 0.1) is 0 Å². The van der Waals surface area contributed by atoms with Crippen LogP contribution in [-0.4, -0.2) is 60.6 Å². The second kappa shape index (κ2) is 8.09. The van der Waals surface area contributed by atoms with Crippen molar-refractivity contribution in [3.05, 3.63) is 35.9 Å². The van der Waals surface area contributed by atoms with E-state index in [1.54, 1.807) is 0 Å². The zero-order valence-corrected chi connectivity index (χ0v) is 15.2. The fourth-order valence-electron chi connectivity index (χ4n) is 3.48. The molecule has 1 N–H and O–H groups in total. The first-order chi connectivity index (χ1) is 10.8. The maximum atomic E-state index is 3.93. The molecule has 0 amide bonds. The Morgan fingerprint density at radius 1 is 1.09 bits per heavy atom. The third-order valence-electron chi connectivity index (χ3n) is 5.07. The van der Waals surface area contributed by atoms with Crippen molar-refractivity contribution >= 4 is 23.5 Å². The number of benzene rings is 1. The largest absolute Gasteiger partial charge is 0.311 e. The highest BCUT2D eigenvalue weighted by atomic mass is 32.2. The summed E-state index contributed by atoms with van der Waals surface area (Å²) in [6.07, 6.45) is 2.54. The van der Waals surface area contributed by atoms with Crippen LogP contribution in [0.1, 0.15) is 18.4 Å². The van der Waals surface area contributed by atoms with Crippen LogP contribution in [0.15, 0.2) is 30.3 Å². The minimum absolute atomic E-state index is 0.329. The van der Waals surface area contributed by atoms with E-state index in [1.165, 1.54) is 54.5 Å². The molecule has 0 aromatic heterocycles. The van der Waals surface area contributed by atoms with E-state index in [0.717, 1.165) is 6.54 Å². The summed E-state index contributed by atoms with van der Waals surface area (Å²) in [4.78, 5) is 2.47. The lowest BCUT2D eigenvalue weighted by Gasteiger charge is -2.42. The van der Waals surface area contributed by atoms with Crippen LogP contribution in [0.3, 0.4) is 0 Å². The number of rotatable bonds is 4. The van der Waals surface area contributed by atoms with Crippen molar-refractivity contribution < 1.29 is 0 Å². The average Bonchev–Trinajstić information content (AvgIpc) is 2.84. The number of nitrogens with one attached hydrogen (secondary N) is 1. The van der Waals surface area contributed by atoms with Gasteiger partial charge >= 0.3 is 0 Å². The van der Waals surface area contributed by atoms with Crippen LogP contribution in [0.5, 0.6) is 0 Å². The van der Waals surface area contributed by atoms with Gasteiger partial charge < -0.3 is 10.2 Å². The van der Waals surface area contributed by atoms with Crippen molar-refractivity contribution in [1.82, 2.24) is 10.2 Å². The SMILES string of the molecule is CN1CCC(CNC2CSCCSC2)(c2ccccc2)CC1. The van der Waals surface area contributed by atoms with E-state index in [2.05, 4.69) is 71.1 Å². The fraction of sp³-hybridized carbons (Fsp3) is 0.667. The molecule has 2 heterocycles. The Bertz CT molecular complexity index is 436. The second-order valence-corrected chi connectivity index (χ2v) is 8.98. The fourth-order valence-corrected chi connectivity index (χ4v) is 5.95. The Morgan fingerprint density at radius 2 is 1.73 bits per heavy atom. The molecule has 0 aliphatic carbocycles. The highest BCUT2D eigenvalue weighted by Gasteiger charge is 2.35. The van der Waals surface area contributed by atoms with E-state index in [-0.39, 0.29) is 0 Å². The van der Waals surface area contributed by atoms with Gasteiger partial charge in [-0.15, -0.1) is 0 Å². The van der Waals surface area contributed by atoms with Gasteiger partial charge in [0.25, 0.3) is 0 Å². The molecule has 122 valence electrons. The zero-order chi connectivity index (χ0) is 15.3. The summed E-state index contributed by atoms with van der Waals surface area (Å²) in [5, 5.41) is 3.93. The number of likely N-dealkylation sites (tertiary alicyclic amines) is 1. The third kappa shape index (κ3) is 4.22. The van der Waals surface area contributed by atoms with Crippen LogP contribution < -0.4 is 5.32 Å². The smallest absolute Gasteiger partial charge is 0.0249 e. The molecule has 2 aliphatic heterocycles. The van der Waals surface area contributed by atoms with Gasteiger partial charge in [-0.25, -0.2) is 0 Å². The topological polar surface area (TPSA) is 15.3 Å². The molecular weight excluding hydrogens is 308 g/mol. The predicted molar refractivity (Wildman–Crippen MR) is 101 cm³/mol. The number of thioether (sulfide) groups is 2. The molecule has 2 nitrogen and oxygen atoms in total. The van der Waals surface area contributed by atoms with Gasteiger partial charge in [-0.05, 0) is 38.5 Å². The minimum Gasteiger partial charge on any atom is -0.311 e. The molecule has 2 saturated heterocycles. The predicted octanol–water partition coefficient (Wildman–Crippen LogP) is 3.09. The number of hydrogen-bond acceptors (Lipinski definition) is 4. The Morgan fingerprint density at radius 3 is 2.36 bits per heavy atom. The van der Waals surface area contributed by atoms with Gasteiger partial charge in [-0.3, -0.25) is 0 Å². The Kier molecular flexibility index (Phi) is 6.14. The summed E-state index contributed by atoms with van der Waals surface area (Å²) in [6.45, 7) is 3.56. The van der Waals surface area contributed by atoms with Gasteiger partial charge in [0.15, 0.2) is 0 Å². The highest BCUT2D eigenvalue weighted by Crippen LogP contribution is 2.35. The van der Waals surface area contributed by atoms with Crippen LogP contribution in [0, 0.1) is 0 Å². The van der Waals surface area contributed by atoms with Crippen LogP contribution >= 0.6 is 23.5 Å². The first-order valence-corrected chi connectivity index (χ1v) is 10.7. The third-order valence-corrected chi connectivity index (χ3v) is 7.59. The van der Waals surface area contributed by atoms with Gasteiger partial charge in [-0.2, -0.15) is 23.5 Å². The molecule has 0 atom stereocenters. The quantitative estimate of drug-likeness (QED) is 0.908. The summed E-state index contributed by atoms with van der Waals surface area (Å²) in [7, 11) is 2.25. The maximum Gasteiger partial charge on any atom is 0.0249 e. The number of hydrogen-bond donors (Lipinski definition) is 1. The highest BCUT2D eigenvalue weighted by molar-refractivity contribution is 8.03.